The first-order chi connectivity index (χ1) is 24.8. The number of allylic oxidation sites excluding steroid dienone is 1. The third-order valence-corrected chi connectivity index (χ3v) is 11.3. The van der Waals surface area contributed by atoms with Gasteiger partial charge in [-0.1, -0.05) is 80.1 Å². The number of ether oxygens (including phenoxy) is 2. The van der Waals surface area contributed by atoms with Gasteiger partial charge in [0.05, 0.1) is 47.3 Å². The van der Waals surface area contributed by atoms with E-state index in [0.717, 1.165) is 5.56 Å². The summed E-state index contributed by atoms with van der Waals surface area (Å²) in [6.45, 7) is 15.0. The molecule has 0 aliphatic carbocycles. The zero-order chi connectivity index (χ0) is 37.9. The van der Waals surface area contributed by atoms with Crippen molar-refractivity contribution < 1.29 is 33.8 Å². The summed E-state index contributed by atoms with van der Waals surface area (Å²) in [4.78, 5) is 62.2. The number of halogens is 1. The van der Waals surface area contributed by atoms with Crippen molar-refractivity contribution in [2.45, 2.75) is 95.7 Å². The van der Waals surface area contributed by atoms with Crippen LogP contribution >= 0.6 is 11.6 Å². The van der Waals surface area contributed by atoms with Crippen molar-refractivity contribution >= 4 is 41.0 Å². The van der Waals surface area contributed by atoms with E-state index in [1.54, 1.807) is 36.2 Å². The van der Waals surface area contributed by atoms with Crippen LogP contribution < -0.4 is 4.90 Å². The molecule has 2 aromatic carbocycles. The summed E-state index contributed by atoms with van der Waals surface area (Å²) in [7, 11) is 1.68. The summed E-state index contributed by atoms with van der Waals surface area (Å²) in [6.07, 6.45) is 3.80. The van der Waals surface area contributed by atoms with E-state index in [2.05, 4.69) is 13.2 Å². The lowest BCUT2D eigenvalue weighted by molar-refractivity contribution is -0.165. The molecule has 3 heterocycles. The second-order valence-corrected chi connectivity index (χ2v) is 15.2. The van der Waals surface area contributed by atoms with Gasteiger partial charge in [0.1, 0.15) is 17.7 Å². The monoisotopic (exact) mass is 733 g/mol. The van der Waals surface area contributed by atoms with Crippen LogP contribution in [0.5, 0.6) is 0 Å². The highest BCUT2D eigenvalue weighted by Gasteiger charge is 2.76. The Morgan fingerprint density at radius 2 is 1.83 bits per heavy atom. The fourth-order valence-corrected chi connectivity index (χ4v) is 8.83. The molecule has 5 rings (SSSR count). The lowest BCUT2D eigenvalue weighted by Gasteiger charge is -2.40. The number of esters is 1. The maximum atomic E-state index is 15.1. The fraction of sp³-hybridized carbons (Fsp3) is 0.512. The number of hydrogen-bond donors (Lipinski definition) is 1. The number of carbonyl (C=O) groups excluding carboxylic acids is 4. The summed E-state index contributed by atoms with van der Waals surface area (Å²) in [5, 5.41) is 11.1. The number of hydrogen-bond acceptors (Lipinski definition) is 7. The van der Waals surface area contributed by atoms with Crippen LogP contribution in [0.25, 0.3) is 0 Å². The molecule has 10 nitrogen and oxygen atoms in total. The van der Waals surface area contributed by atoms with Crippen LogP contribution in [0.4, 0.5) is 5.69 Å². The predicted octanol–water partition coefficient (Wildman–Crippen LogP) is 6.05. The summed E-state index contributed by atoms with van der Waals surface area (Å²) in [5.41, 5.74) is 0.624. The molecule has 2 bridgehead atoms. The van der Waals surface area contributed by atoms with Crippen molar-refractivity contribution in [2.75, 3.05) is 25.1 Å². The molecule has 2 aromatic rings. The molecule has 8 atom stereocenters. The molecule has 0 saturated carbocycles. The Labute approximate surface area is 312 Å². The lowest BCUT2D eigenvalue weighted by Crippen LogP contribution is -2.59. The zero-order valence-electron chi connectivity index (χ0n) is 30.9. The number of amides is 3. The first kappa shape index (κ1) is 39.2. The van der Waals surface area contributed by atoms with E-state index in [0.29, 0.717) is 42.0 Å². The second-order valence-electron chi connectivity index (χ2n) is 14.8. The van der Waals surface area contributed by atoms with E-state index in [-0.39, 0.29) is 31.4 Å². The van der Waals surface area contributed by atoms with Crippen LogP contribution in [0.3, 0.4) is 0 Å². The summed E-state index contributed by atoms with van der Waals surface area (Å²) in [6, 6.07) is 12.2. The van der Waals surface area contributed by atoms with Crippen molar-refractivity contribution in [1.82, 2.24) is 9.80 Å². The van der Waals surface area contributed by atoms with Crippen molar-refractivity contribution in [3.05, 3.63) is 90.0 Å². The van der Waals surface area contributed by atoms with E-state index in [1.165, 1.54) is 9.80 Å². The first-order valence-corrected chi connectivity index (χ1v) is 18.6. The van der Waals surface area contributed by atoms with Gasteiger partial charge in [-0.3, -0.25) is 19.2 Å². The van der Waals surface area contributed by atoms with Crippen LogP contribution in [-0.2, 0) is 28.7 Å². The van der Waals surface area contributed by atoms with Gasteiger partial charge < -0.3 is 29.3 Å². The normalized spacial score (nSPS) is 25.0. The van der Waals surface area contributed by atoms with Gasteiger partial charge >= 0.3 is 5.97 Å². The molecule has 0 unspecified atom stereocenters. The third kappa shape index (κ3) is 7.17. The molecule has 0 aromatic heterocycles. The molecule has 11 heteroatoms. The van der Waals surface area contributed by atoms with Crippen molar-refractivity contribution in [1.29, 1.82) is 0 Å². The van der Waals surface area contributed by atoms with Gasteiger partial charge in [0.15, 0.2) is 0 Å². The molecule has 52 heavy (non-hydrogen) atoms. The molecule has 3 aliphatic rings. The van der Waals surface area contributed by atoms with Gasteiger partial charge in [-0.25, -0.2) is 0 Å². The van der Waals surface area contributed by atoms with Gasteiger partial charge in [-0.05, 0) is 62.6 Å². The number of para-hydroxylation sites is 1. The minimum atomic E-state index is -1.34. The quantitative estimate of drug-likeness (QED) is 0.165. The standard InChI is InChI=1S/C41H52ClN3O7/c1-8-10-19-32(47)43(7)27(6)36(28-16-12-11-13-17-28)51-40(50)33-31-20-21-41(52-31)34(33)38(48)45(29(24-46)23-25(3)4)37(41)39(49)44(22-9-2)35-26(5)15-14-18-30(35)42/h8-9,11-18,25,27,29,31,33-34,36-37,46H,1-2,10,19-24H2,3-7H3/t27-,29+,31+,33-,34-,36+,37+,41-/m0/s1. The Hall–Kier alpha value is -3.99. The highest BCUT2D eigenvalue weighted by Crippen LogP contribution is 2.60. The van der Waals surface area contributed by atoms with Gasteiger partial charge in [0.25, 0.3) is 5.91 Å². The Kier molecular flexibility index (Phi) is 12.3. The summed E-state index contributed by atoms with van der Waals surface area (Å²) in [5.74, 6) is -3.52. The van der Waals surface area contributed by atoms with Crippen molar-refractivity contribution in [3.8, 4) is 0 Å². The van der Waals surface area contributed by atoms with Crippen molar-refractivity contribution in [3.63, 3.8) is 0 Å². The van der Waals surface area contributed by atoms with Gasteiger partial charge in [-0.15, -0.1) is 13.2 Å². The molecule has 1 N–H and O–H groups in total. The highest BCUT2D eigenvalue weighted by molar-refractivity contribution is 6.34. The summed E-state index contributed by atoms with van der Waals surface area (Å²) >= 11 is 6.71. The molecule has 1 spiro atoms. The second kappa shape index (κ2) is 16.4. The highest BCUT2D eigenvalue weighted by atomic mass is 35.5. The average Bonchev–Trinajstić information content (AvgIpc) is 3.78. The predicted molar refractivity (Wildman–Crippen MR) is 200 cm³/mol. The molecular weight excluding hydrogens is 682 g/mol. The van der Waals surface area contributed by atoms with Gasteiger partial charge in [-0.2, -0.15) is 0 Å². The van der Waals surface area contributed by atoms with Crippen LogP contribution in [0.15, 0.2) is 73.8 Å². The van der Waals surface area contributed by atoms with E-state index in [1.807, 2.05) is 64.1 Å². The molecular formula is C41H52ClN3O7. The van der Waals surface area contributed by atoms with E-state index in [4.69, 9.17) is 21.1 Å². The molecule has 3 aliphatic heterocycles. The van der Waals surface area contributed by atoms with Gasteiger partial charge in [0.2, 0.25) is 11.8 Å². The number of aliphatic hydroxyl groups excluding tert-OH is 1. The zero-order valence-corrected chi connectivity index (χ0v) is 31.6. The smallest absolute Gasteiger partial charge is 0.313 e. The Balaban J connectivity index is 1.55. The maximum absolute atomic E-state index is 15.1. The first-order valence-electron chi connectivity index (χ1n) is 18.2. The summed E-state index contributed by atoms with van der Waals surface area (Å²) < 4.78 is 13.1. The molecule has 280 valence electrons. The largest absolute Gasteiger partial charge is 0.455 e. The maximum Gasteiger partial charge on any atom is 0.313 e. The minimum Gasteiger partial charge on any atom is -0.455 e. The fourth-order valence-electron chi connectivity index (χ4n) is 8.51. The topological polar surface area (TPSA) is 117 Å². The number of nitrogens with zero attached hydrogens (tertiary/aromatic N) is 3. The molecule has 0 radical (unpaired) electrons. The Bertz CT molecular complexity index is 1650. The van der Waals surface area contributed by atoms with Crippen molar-refractivity contribution in [2.24, 2.45) is 17.8 Å². The number of rotatable bonds is 16. The molecule has 3 saturated heterocycles. The Morgan fingerprint density at radius 1 is 1.12 bits per heavy atom. The van der Waals surface area contributed by atoms with E-state index < -0.39 is 65.6 Å². The number of carbonyl (C=O) groups is 4. The molecule has 3 fully saturated rings. The number of fused-ring (bicyclic) bond motifs is 1. The number of benzene rings is 2. The number of aryl methyl sites for hydroxylation is 1. The SMILES string of the molecule is C=CCCC(=O)N(C)[C@@H](C)[C@@H](OC(=O)[C@@H]1[C@H]2C(=O)N([C@@H](CO)CC(C)C)[C@H](C(=O)N(CC=C)c3c(C)cccc3Cl)[C@]23CC[C@H]1O3)c1ccccc1. The van der Waals surface area contributed by atoms with Crippen LogP contribution in [-0.4, -0.2) is 88.6 Å². The third-order valence-electron chi connectivity index (χ3n) is 11.0. The number of anilines is 1. The van der Waals surface area contributed by atoms with E-state index in [9.17, 15) is 19.5 Å². The number of likely N-dealkylation sites (tertiary alicyclic amines) is 1. The lowest BCUT2D eigenvalue weighted by atomic mass is 9.70. The van der Waals surface area contributed by atoms with Gasteiger partial charge in [0, 0.05) is 20.0 Å². The Morgan fingerprint density at radius 3 is 2.44 bits per heavy atom. The minimum absolute atomic E-state index is 0.0889. The number of aliphatic hydroxyl groups is 1. The number of likely N-dealkylation sites (N-methyl/N-ethyl adjacent to an activating group) is 1. The van der Waals surface area contributed by atoms with Crippen LogP contribution in [0, 0.1) is 24.7 Å². The average molecular weight is 734 g/mol. The molecule has 3 amide bonds. The van der Waals surface area contributed by atoms with E-state index >= 15 is 4.79 Å². The van der Waals surface area contributed by atoms with Crippen LogP contribution in [0.2, 0.25) is 5.02 Å². The van der Waals surface area contributed by atoms with Crippen LogP contribution in [0.1, 0.15) is 70.1 Å².